The van der Waals surface area contributed by atoms with Gasteiger partial charge in [0.2, 0.25) is 5.78 Å². The molecule has 26 heavy (non-hydrogen) atoms. The average Bonchev–Trinajstić information content (AvgIpc) is 3.17. The van der Waals surface area contributed by atoms with Crippen LogP contribution in [0.4, 0.5) is 5.69 Å². The zero-order chi connectivity index (χ0) is 18.7. The molecule has 3 rings (SSSR count). The summed E-state index contributed by atoms with van der Waals surface area (Å²) in [6.45, 7) is 0. The van der Waals surface area contributed by atoms with E-state index in [1.54, 1.807) is 35.7 Å². The summed E-state index contributed by atoms with van der Waals surface area (Å²) in [5, 5.41) is 13.8. The highest BCUT2D eigenvalue weighted by Crippen LogP contribution is 2.22. The van der Waals surface area contributed by atoms with Crippen LogP contribution >= 0.6 is 22.9 Å². The first-order valence-electron chi connectivity index (χ1n) is 7.48. The molecule has 0 radical (unpaired) electrons. The van der Waals surface area contributed by atoms with Gasteiger partial charge in [0.05, 0.1) is 16.1 Å². The Kier molecular flexibility index (Phi) is 5.16. The van der Waals surface area contributed by atoms with Crippen molar-refractivity contribution in [1.82, 2.24) is 0 Å². The molecule has 1 amide bonds. The second-order valence-electron chi connectivity index (χ2n) is 5.34. The van der Waals surface area contributed by atoms with Crippen molar-refractivity contribution in [3.63, 3.8) is 0 Å². The number of hydrogen-bond donors (Lipinski definition) is 2. The van der Waals surface area contributed by atoms with Crippen LogP contribution in [0, 0.1) is 0 Å². The van der Waals surface area contributed by atoms with E-state index in [-0.39, 0.29) is 27.6 Å². The van der Waals surface area contributed by atoms with Crippen LogP contribution in [0.15, 0.2) is 60.0 Å². The molecule has 0 aliphatic heterocycles. The summed E-state index contributed by atoms with van der Waals surface area (Å²) in [6.07, 6.45) is 0. The number of nitrogens with one attached hydrogen (secondary N) is 1. The summed E-state index contributed by atoms with van der Waals surface area (Å²) < 4.78 is 0. The van der Waals surface area contributed by atoms with Gasteiger partial charge in [-0.15, -0.1) is 11.3 Å². The van der Waals surface area contributed by atoms with E-state index >= 15 is 0 Å². The molecule has 2 aromatic carbocycles. The summed E-state index contributed by atoms with van der Waals surface area (Å²) in [5.41, 5.74) is 0.645. The van der Waals surface area contributed by atoms with Gasteiger partial charge in [0.15, 0.2) is 0 Å². The first kappa shape index (κ1) is 17.8. The molecular weight excluding hydrogens is 374 g/mol. The minimum absolute atomic E-state index is 0.114. The molecule has 0 unspecified atom stereocenters. The van der Waals surface area contributed by atoms with Gasteiger partial charge in [0.1, 0.15) is 0 Å². The number of aromatic carboxylic acids is 1. The van der Waals surface area contributed by atoms with Crippen molar-refractivity contribution in [3.8, 4) is 0 Å². The largest absolute Gasteiger partial charge is 0.478 e. The maximum Gasteiger partial charge on any atom is 0.337 e. The molecule has 1 heterocycles. The summed E-state index contributed by atoms with van der Waals surface area (Å²) >= 11 is 7.13. The van der Waals surface area contributed by atoms with Crippen molar-refractivity contribution in [2.75, 3.05) is 5.32 Å². The van der Waals surface area contributed by atoms with E-state index in [1.807, 2.05) is 0 Å². The molecule has 1 aromatic heterocycles. The maximum absolute atomic E-state index is 12.5. The zero-order valence-electron chi connectivity index (χ0n) is 13.2. The Morgan fingerprint density at radius 2 is 1.73 bits per heavy atom. The highest BCUT2D eigenvalue weighted by molar-refractivity contribution is 7.12. The van der Waals surface area contributed by atoms with Gasteiger partial charge < -0.3 is 10.4 Å². The quantitative estimate of drug-likeness (QED) is 0.629. The van der Waals surface area contributed by atoms with Gasteiger partial charge in [-0.25, -0.2) is 4.79 Å². The van der Waals surface area contributed by atoms with Crippen LogP contribution in [0.5, 0.6) is 0 Å². The highest BCUT2D eigenvalue weighted by Gasteiger charge is 2.16. The van der Waals surface area contributed by atoms with Gasteiger partial charge in [-0.2, -0.15) is 0 Å². The number of carboxylic acid groups (broad SMARTS) is 1. The predicted molar refractivity (Wildman–Crippen MR) is 101 cm³/mol. The predicted octanol–water partition coefficient (Wildman–Crippen LogP) is 4.58. The number of halogens is 1. The number of rotatable bonds is 5. The smallest absolute Gasteiger partial charge is 0.337 e. The number of ketones is 1. The average molecular weight is 386 g/mol. The first-order valence-corrected chi connectivity index (χ1v) is 8.74. The Labute approximate surface area is 157 Å². The van der Waals surface area contributed by atoms with Crippen LogP contribution < -0.4 is 5.32 Å². The summed E-state index contributed by atoms with van der Waals surface area (Å²) in [5.74, 6) is -1.90. The third-order valence-electron chi connectivity index (χ3n) is 3.59. The third kappa shape index (κ3) is 3.82. The summed E-state index contributed by atoms with van der Waals surface area (Å²) in [4.78, 5) is 36.8. The number of hydrogen-bond acceptors (Lipinski definition) is 4. The van der Waals surface area contributed by atoms with E-state index in [0.717, 1.165) is 0 Å². The van der Waals surface area contributed by atoms with E-state index < -0.39 is 11.9 Å². The van der Waals surface area contributed by atoms with E-state index in [0.29, 0.717) is 10.4 Å². The van der Waals surface area contributed by atoms with Crippen LogP contribution in [0.1, 0.15) is 36.0 Å². The minimum Gasteiger partial charge on any atom is -0.478 e. The molecule has 0 saturated carbocycles. The molecule has 0 spiro atoms. The van der Waals surface area contributed by atoms with Crippen LogP contribution in [-0.2, 0) is 0 Å². The zero-order valence-corrected chi connectivity index (χ0v) is 14.8. The molecule has 5 nitrogen and oxygen atoms in total. The molecule has 0 atom stereocenters. The highest BCUT2D eigenvalue weighted by atomic mass is 35.5. The van der Waals surface area contributed by atoms with Crippen molar-refractivity contribution in [2.24, 2.45) is 0 Å². The van der Waals surface area contributed by atoms with Crippen molar-refractivity contribution in [1.29, 1.82) is 0 Å². The molecule has 0 bridgehead atoms. The van der Waals surface area contributed by atoms with Crippen molar-refractivity contribution < 1.29 is 19.5 Å². The fourth-order valence-corrected chi connectivity index (χ4v) is 3.21. The van der Waals surface area contributed by atoms with Gasteiger partial charge >= 0.3 is 5.97 Å². The van der Waals surface area contributed by atoms with E-state index in [2.05, 4.69) is 5.32 Å². The van der Waals surface area contributed by atoms with Crippen LogP contribution in [0.25, 0.3) is 0 Å². The SMILES string of the molecule is O=C(Nc1ccc(Cl)cc1C(=O)O)c1cccc(C(=O)c2cccs2)c1. The van der Waals surface area contributed by atoms with E-state index in [9.17, 15) is 19.5 Å². The lowest BCUT2D eigenvalue weighted by molar-refractivity contribution is 0.0698. The number of thiophene rings is 1. The lowest BCUT2D eigenvalue weighted by Gasteiger charge is -2.09. The van der Waals surface area contributed by atoms with Crippen molar-refractivity contribution >= 4 is 46.3 Å². The summed E-state index contributed by atoms with van der Waals surface area (Å²) in [6, 6.07) is 13.9. The molecule has 3 aromatic rings. The molecule has 7 heteroatoms. The van der Waals surface area contributed by atoms with Crippen molar-refractivity contribution in [2.45, 2.75) is 0 Å². The molecule has 0 aliphatic rings. The number of amides is 1. The van der Waals surface area contributed by atoms with E-state index in [1.165, 1.54) is 35.6 Å². The lowest BCUT2D eigenvalue weighted by Crippen LogP contribution is -2.15. The molecular formula is C19H12ClNO4S. The van der Waals surface area contributed by atoms with Gasteiger partial charge in [-0.3, -0.25) is 9.59 Å². The standard InChI is InChI=1S/C19H12ClNO4S/c20-13-6-7-15(14(10-13)19(24)25)21-18(23)12-4-1-3-11(9-12)17(22)16-5-2-8-26-16/h1-10H,(H,21,23)(H,24,25). The van der Waals surface area contributed by atoms with Crippen LogP contribution in [0.3, 0.4) is 0 Å². The maximum atomic E-state index is 12.5. The molecule has 0 saturated heterocycles. The number of carboxylic acids is 1. The first-order chi connectivity index (χ1) is 12.5. The number of carbonyl (C=O) groups is 3. The van der Waals surface area contributed by atoms with Gasteiger partial charge in [0, 0.05) is 16.1 Å². The Hall–Kier alpha value is -2.96. The number of benzene rings is 2. The van der Waals surface area contributed by atoms with Gasteiger partial charge in [0.25, 0.3) is 5.91 Å². The monoisotopic (exact) mass is 385 g/mol. The molecule has 130 valence electrons. The Bertz CT molecular complexity index is 999. The second-order valence-corrected chi connectivity index (χ2v) is 6.72. The molecule has 0 fully saturated rings. The Morgan fingerprint density at radius 3 is 2.42 bits per heavy atom. The molecule has 0 aliphatic carbocycles. The second kappa shape index (κ2) is 7.51. The Balaban J connectivity index is 1.87. The number of anilines is 1. The van der Waals surface area contributed by atoms with Crippen LogP contribution in [-0.4, -0.2) is 22.8 Å². The van der Waals surface area contributed by atoms with Crippen molar-refractivity contribution in [3.05, 3.63) is 86.6 Å². The topological polar surface area (TPSA) is 83.5 Å². The van der Waals surface area contributed by atoms with Gasteiger partial charge in [-0.05, 0) is 41.8 Å². The number of carbonyl (C=O) groups excluding carboxylic acids is 2. The Morgan fingerprint density at radius 1 is 0.962 bits per heavy atom. The fourth-order valence-electron chi connectivity index (χ4n) is 2.35. The minimum atomic E-state index is -1.20. The molecule has 2 N–H and O–H groups in total. The third-order valence-corrected chi connectivity index (χ3v) is 4.70. The van der Waals surface area contributed by atoms with Crippen LogP contribution in [0.2, 0.25) is 5.02 Å². The fraction of sp³-hybridized carbons (Fsp3) is 0. The van der Waals surface area contributed by atoms with E-state index in [4.69, 9.17) is 11.6 Å². The van der Waals surface area contributed by atoms with Gasteiger partial charge in [-0.1, -0.05) is 29.8 Å². The lowest BCUT2D eigenvalue weighted by atomic mass is 10.1. The summed E-state index contributed by atoms with van der Waals surface area (Å²) in [7, 11) is 0. The normalized spacial score (nSPS) is 10.3.